The van der Waals surface area contributed by atoms with Crippen molar-refractivity contribution in [3.8, 4) is 0 Å². The van der Waals surface area contributed by atoms with Gasteiger partial charge in [-0.15, -0.1) is 0 Å². The minimum Gasteiger partial charge on any atom is -0.313 e. The van der Waals surface area contributed by atoms with E-state index in [1.165, 1.54) is 35.1 Å². The fourth-order valence-electron chi connectivity index (χ4n) is 4.03. The van der Waals surface area contributed by atoms with Crippen molar-refractivity contribution in [2.75, 3.05) is 6.54 Å². The molecule has 0 spiro atoms. The minimum atomic E-state index is 0.236. The van der Waals surface area contributed by atoms with E-state index < -0.39 is 0 Å². The molecule has 1 aromatic carbocycles. The highest BCUT2D eigenvalue weighted by Crippen LogP contribution is 2.35. The second-order valence-corrected chi connectivity index (χ2v) is 9.02. The Hall–Kier alpha value is -1.60. The fourth-order valence-corrected chi connectivity index (χ4v) is 4.03. The summed E-state index contributed by atoms with van der Waals surface area (Å²) in [5.74, 6) is 0.926. The van der Waals surface area contributed by atoms with Gasteiger partial charge in [0.25, 0.3) is 0 Å². The van der Waals surface area contributed by atoms with Gasteiger partial charge in [-0.05, 0) is 66.3 Å². The van der Waals surface area contributed by atoms with Gasteiger partial charge >= 0.3 is 0 Å². The topological polar surface area (TPSA) is 12.0 Å². The molecule has 1 aromatic rings. The lowest BCUT2D eigenvalue weighted by molar-refractivity contribution is 0.462. The molecule has 2 atom stereocenters. The Balaban J connectivity index is 2.41. The van der Waals surface area contributed by atoms with E-state index in [9.17, 15) is 0 Å². The molecular weight excluding hydrogens is 326 g/mol. The number of hydrogen-bond donors (Lipinski definition) is 1. The van der Waals surface area contributed by atoms with Crippen molar-refractivity contribution >= 4 is 0 Å². The number of aryl methyl sites for hydroxylation is 1. The van der Waals surface area contributed by atoms with Gasteiger partial charge in [0, 0.05) is 12.0 Å². The Morgan fingerprint density at radius 2 is 2.07 bits per heavy atom. The van der Waals surface area contributed by atoms with Gasteiger partial charge in [0.15, 0.2) is 0 Å². The van der Waals surface area contributed by atoms with Gasteiger partial charge in [-0.1, -0.05) is 83.7 Å². The number of benzene rings is 1. The molecule has 1 fully saturated rings. The Morgan fingerprint density at radius 3 is 2.59 bits per heavy atom. The van der Waals surface area contributed by atoms with Crippen LogP contribution >= 0.6 is 0 Å². The lowest BCUT2D eigenvalue weighted by atomic mass is 9.81. The second-order valence-electron chi connectivity index (χ2n) is 9.02. The van der Waals surface area contributed by atoms with Crippen molar-refractivity contribution in [1.82, 2.24) is 5.32 Å². The summed E-state index contributed by atoms with van der Waals surface area (Å²) in [6.07, 6.45) is 12.5. The van der Waals surface area contributed by atoms with Crippen molar-refractivity contribution in [2.24, 2.45) is 5.41 Å². The van der Waals surface area contributed by atoms with Gasteiger partial charge in [-0.2, -0.15) is 0 Å². The number of nitrogens with one attached hydrogen (secondary N) is 1. The molecule has 1 nitrogen and oxygen atoms in total. The van der Waals surface area contributed by atoms with Crippen LogP contribution < -0.4 is 5.32 Å². The van der Waals surface area contributed by atoms with E-state index in [0.717, 1.165) is 13.0 Å². The lowest BCUT2D eigenvalue weighted by Gasteiger charge is -2.27. The summed E-state index contributed by atoms with van der Waals surface area (Å²) in [6, 6.07) is 7.56. The zero-order valence-corrected chi connectivity index (χ0v) is 18.3. The van der Waals surface area contributed by atoms with Gasteiger partial charge in [0.2, 0.25) is 0 Å². The van der Waals surface area contributed by atoms with Gasteiger partial charge in [0.05, 0.1) is 0 Å². The SMILES string of the molecule is C=C/C(=C\C=C\C(C)(C)CC)C(c1ccc(C(C)C)c(C)c1)C1CCCN1. The summed E-state index contributed by atoms with van der Waals surface area (Å²) in [5.41, 5.74) is 5.81. The summed E-state index contributed by atoms with van der Waals surface area (Å²) >= 11 is 0. The molecule has 1 aliphatic heterocycles. The monoisotopic (exact) mass is 365 g/mol. The van der Waals surface area contributed by atoms with Crippen LogP contribution in [0, 0.1) is 12.3 Å². The maximum Gasteiger partial charge on any atom is 0.0243 e. The van der Waals surface area contributed by atoms with Crippen LogP contribution in [0.5, 0.6) is 0 Å². The average Bonchev–Trinajstić information content (AvgIpc) is 3.14. The van der Waals surface area contributed by atoms with Crippen LogP contribution in [0.1, 0.15) is 82.4 Å². The molecule has 0 aliphatic carbocycles. The van der Waals surface area contributed by atoms with E-state index in [-0.39, 0.29) is 5.41 Å². The van der Waals surface area contributed by atoms with E-state index in [4.69, 9.17) is 0 Å². The number of hydrogen-bond acceptors (Lipinski definition) is 1. The van der Waals surface area contributed by atoms with Crippen LogP contribution in [0.3, 0.4) is 0 Å². The largest absolute Gasteiger partial charge is 0.313 e. The van der Waals surface area contributed by atoms with Crippen molar-refractivity contribution in [3.05, 3.63) is 71.3 Å². The molecule has 0 aromatic heterocycles. The van der Waals surface area contributed by atoms with E-state index in [1.807, 2.05) is 0 Å². The van der Waals surface area contributed by atoms with E-state index >= 15 is 0 Å². The van der Waals surface area contributed by atoms with Crippen LogP contribution in [0.4, 0.5) is 0 Å². The molecule has 1 N–H and O–H groups in total. The molecule has 0 radical (unpaired) electrons. The highest BCUT2D eigenvalue weighted by molar-refractivity contribution is 5.43. The first-order valence-electron chi connectivity index (χ1n) is 10.6. The predicted molar refractivity (Wildman–Crippen MR) is 121 cm³/mol. The first-order valence-corrected chi connectivity index (χ1v) is 10.6. The summed E-state index contributed by atoms with van der Waals surface area (Å²) in [6.45, 7) is 18.9. The fraction of sp³-hybridized carbons (Fsp3) is 0.538. The Labute approximate surface area is 167 Å². The molecule has 1 aliphatic rings. The van der Waals surface area contributed by atoms with Gasteiger partial charge in [-0.3, -0.25) is 0 Å². The molecule has 27 heavy (non-hydrogen) atoms. The molecule has 1 saturated heterocycles. The van der Waals surface area contributed by atoms with Gasteiger partial charge in [-0.25, -0.2) is 0 Å². The predicted octanol–water partition coefficient (Wildman–Crippen LogP) is 7.06. The van der Waals surface area contributed by atoms with Crippen molar-refractivity contribution in [1.29, 1.82) is 0 Å². The molecule has 0 bridgehead atoms. The quantitative estimate of drug-likeness (QED) is 0.486. The molecule has 1 heterocycles. The first kappa shape index (κ1) is 21.7. The summed E-state index contributed by atoms with van der Waals surface area (Å²) in [4.78, 5) is 0. The third-order valence-electron chi connectivity index (χ3n) is 6.12. The van der Waals surface area contributed by atoms with Crippen molar-refractivity contribution in [2.45, 2.75) is 78.7 Å². The molecule has 2 unspecified atom stereocenters. The number of rotatable bonds is 8. The van der Waals surface area contributed by atoms with Gasteiger partial charge < -0.3 is 5.32 Å². The maximum atomic E-state index is 4.15. The minimum absolute atomic E-state index is 0.236. The smallest absolute Gasteiger partial charge is 0.0243 e. The van der Waals surface area contributed by atoms with Crippen LogP contribution in [0.2, 0.25) is 0 Å². The van der Waals surface area contributed by atoms with Crippen molar-refractivity contribution < 1.29 is 0 Å². The highest BCUT2D eigenvalue weighted by atomic mass is 14.9. The first-order chi connectivity index (χ1) is 12.8. The van der Waals surface area contributed by atoms with E-state index in [0.29, 0.717) is 17.9 Å². The van der Waals surface area contributed by atoms with Crippen LogP contribution in [0.15, 0.2) is 54.7 Å². The van der Waals surface area contributed by atoms with E-state index in [2.05, 4.69) is 95.9 Å². The van der Waals surface area contributed by atoms with Crippen LogP contribution in [0.25, 0.3) is 0 Å². The normalized spacial score (nSPS) is 19.8. The number of allylic oxidation sites excluding steroid dienone is 4. The molecular formula is C26H39N. The zero-order valence-electron chi connectivity index (χ0n) is 18.3. The molecule has 1 heteroatoms. The summed E-state index contributed by atoms with van der Waals surface area (Å²) in [5, 5.41) is 3.73. The summed E-state index contributed by atoms with van der Waals surface area (Å²) < 4.78 is 0. The highest BCUT2D eigenvalue weighted by Gasteiger charge is 2.28. The van der Waals surface area contributed by atoms with Crippen LogP contribution in [-0.2, 0) is 0 Å². The second kappa shape index (κ2) is 9.55. The lowest BCUT2D eigenvalue weighted by Crippen LogP contribution is -2.30. The third kappa shape index (κ3) is 5.69. The Morgan fingerprint density at radius 1 is 1.33 bits per heavy atom. The molecule has 0 saturated carbocycles. The maximum absolute atomic E-state index is 4.15. The molecule has 0 amide bonds. The molecule has 2 rings (SSSR count). The van der Waals surface area contributed by atoms with Crippen molar-refractivity contribution in [3.63, 3.8) is 0 Å². The third-order valence-corrected chi connectivity index (χ3v) is 6.12. The molecule has 148 valence electrons. The standard InChI is InChI=1S/C26H39N/c1-8-21(12-10-16-26(6,7)9-2)25(24-13-11-17-27-24)22-14-15-23(19(3)4)20(5)18-22/h8,10,12,14-16,18-19,24-25,27H,1,9,11,13,17H2,2-7H3/b16-10+,21-12+. The van der Waals surface area contributed by atoms with E-state index in [1.54, 1.807) is 0 Å². The average molecular weight is 366 g/mol. The van der Waals surface area contributed by atoms with Crippen LogP contribution in [-0.4, -0.2) is 12.6 Å². The van der Waals surface area contributed by atoms with Gasteiger partial charge in [0.1, 0.15) is 0 Å². The summed E-state index contributed by atoms with van der Waals surface area (Å²) in [7, 11) is 0. The Kier molecular flexibility index (Phi) is 7.68. The zero-order chi connectivity index (χ0) is 20.0. The Bertz CT molecular complexity index is 684.